The lowest BCUT2D eigenvalue weighted by atomic mass is 10.2. The van der Waals surface area contributed by atoms with E-state index in [2.05, 4.69) is 10.3 Å². The molecule has 4 heterocycles. The van der Waals surface area contributed by atoms with Gasteiger partial charge in [-0.15, -0.1) is 0 Å². The van der Waals surface area contributed by atoms with Crippen LogP contribution in [0.25, 0.3) is 11.7 Å². The molecule has 136 valence electrons. The molecule has 0 unspecified atom stereocenters. The van der Waals surface area contributed by atoms with Crippen molar-refractivity contribution in [2.75, 3.05) is 12.4 Å². The molecule has 1 aliphatic heterocycles. The van der Waals surface area contributed by atoms with Gasteiger partial charge in [-0.2, -0.15) is 0 Å². The highest BCUT2D eigenvalue weighted by molar-refractivity contribution is 8.26. The molecule has 0 aliphatic carbocycles. The van der Waals surface area contributed by atoms with Gasteiger partial charge in [-0.05, 0) is 30.3 Å². The molecule has 0 radical (unpaired) electrons. The van der Waals surface area contributed by atoms with E-state index in [1.807, 2.05) is 0 Å². The number of nitrogens with one attached hydrogen (secondary N) is 1. The summed E-state index contributed by atoms with van der Waals surface area (Å²) in [4.78, 5) is 31.9. The summed E-state index contributed by atoms with van der Waals surface area (Å²) in [5.74, 6) is 0.777. The van der Waals surface area contributed by atoms with E-state index in [9.17, 15) is 9.59 Å². The van der Waals surface area contributed by atoms with Crippen molar-refractivity contribution in [3.05, 3.63) is 69.4 Å². The van der Waals surface area contributed by atoms with Gasteiger partial charge in [-0.3, -0.25) is 18.9 Å². The van der Waals surface area contributed by atoms with Crippen molar-refractivity contribution in [1.82, 2.24) is 14.3 Å². The van der Waals surface area contributed by atoms with E-state index in [4.69, 9.17) is 16.6 Å². The van der Waals surface area contributed by atoms with E-state index in [0.717, 1.165) is 11.8 Å². The molecule has 3 aromatic heterocycles. The van der Waals surface area contributed by atoms with Gasteiger partial charge in [0.05, 0.1) is 23.3 Å². The molecule has 7 nitrogen and oxygen atoms in total. The molecule has 0 saturated carbocycles. The first-order chi connectivity index (χ1) is 13.1. The number of rotatable bonds is 4. The predicted octanol–water partition coefficient (Wildman–Crippen LogP) is 2.73. The summed E-state index contributed by atoms with van der Waals surface area (Å²) in [6.45, 7) is 0.253. The van der Waals surface area contributed by atoms with Crippen molar-refractivity contribution in [1.29, 1.82) is 0 Å². The molecular formula is C18H14N4O3S2. The van der Waals surface area contributed by atoms with Gasteiger partial charge in [0.1, 0.15) is 21.5 Å². The van der Waals surface area contributed by atoms with Gasteiger partial charge in [-0.25, -0.2) is 4.98 Å². The molecule has 3 aromatic rings. The number of thioether (sulfide) groups is 1. The topological polar surface area (TPSA) is 79.9 Å². The van der Waals surface area contributed by atoms with E-state index in [-0.39, 0.29) is 18.0 Å². The average molecular weight is 398 g/mol. The zero-order valence-corrected chi connectivity index (χ0v) is 15.8. The molecule has 0 aromatic carbocycles. The number of fused-ring (bicyclic) bond motifs is 1. The zero-order valence-electron chi connectivity index (χ0n) is 14.2. The van der Waals surface area contributed by atoms with Gasteiger partial charge in [0.15, 0.2) is 0 Å². The van der Waals surface area contributed by atoms with Gasteiger partial charge < -0.3 is 9.73 Å². The van der Waals surface area contributed by atoms with Crippen LogP contribution in [0.4, 0.5) is 5.82 Å². The van der Waals surface area contributed by atoms with Crippen LogP contribution in [0.2, 0.25) is 0 Å². The van der Waals surface area contributed by atoms with E-state index in [0.29, 0.717) is 32.0 Å². The highest BCUT2D eigenvalue weighted by Crippen LogP contribution is 2.34. The molecule has 1 fully saturated rings. The Morgan fingerprint density at radius 2 is 2.15 bits per heavy atom. The smallest absolute Gasteiger partial charge is 0.267 e. The number of hydrogen-bond acceptors (Lipinski definition) is 7. The quantitative estimate of drug-likeness (QED) is 0.535. The highest BCUT2D eigenvalue weighted by Gasteiger charge is 2.33. The third kappa shape index (κ3) is 3.15. The van der Waals surface area contributed by atoms with Crippen LogP contribution in [0.15, 0.2) is 56.9 Å². The van der Waals surface area contributed by atoms with E-state index in [1.54, 1.807) is 55.9 Å². The fraction of sp³-hybridized carbons (Fsp3) is 0.111. The molecule has 27 heavy (non-hydrogen) atoms. The van der Waals surface area contributed by atoms with Crippen LogP contribution in [-0.4, -0.2) is 31.6 Å². The normalized spacial score (nSPS) is 15.9. The molecular weight excluding hydrogens is 384 g/mol. The maximum Gasteiger partial charge on any atom is 0.267 e. The Labute approximate surface area is 163 Å². The number of carbonyl (C=O) groups excluding carboxylic acids is 1. The molecule has 9 heteroatoms. The lowest BCUT2D eigenvalue weighted by Gasteiger charge is -2.12. The summed E-state index contributed by atoms with van der Waals surface area (Å²) >= 11 is 6.48. The summed E-state index contributed by atoms with van der Waals surface area (Å²) in [5.41, 5.74) is 0.565. The summed E-state index contributed by atoms with van der Waals surface area (Å²) in [5, 5.41) is 2.93. The monoisotopic (exact) mass is 398 g/mol. The van der Waals surface area contributed by atoms with Crippen molar-refractivity contribution < 1.29 is 9.21 Å². The highest BCUT2D eigenvalue weighted by atomic mass is 32.2. The van der Waals surface area contributed by atoms with E-state index in [1.165, 1.54) is 9.30 Å². The number of amides is 1. The minimum atomic E-state index is -0.263. The fourth-order valence-electron chi connectivity index (χ4n) is 2.75. The summed E-state index contributed by atoms with van der Waals surface area (Å²) in [7, 11) is 1.68. The van der Waals surface area contributed by atoms with Crippen LogP contribution < -0.4 is 10.9 Å². The number of nitrogens with zero attached hydrogens (tertiary/aromatic N) is 3. The molecule has 0 bridgehead atoms. The molecule has 0 spiro atoms. The van der Waals surface area contributed by atoms with Crippen LogP contribution >= 0.6 is 24.0 Å². The number of thiocarbonyl (C=S) groups is 1. The number of hydrogen-bond donors (Lipinski definition) is 1. The van der Waals surface area contributed by atoms with Crippen LogP contribution in [0.3, 0.4) is 0 Å². The summed E-state index contributed by atoms with van der Waals surface area (Å²) < 4.78 is 7.15. The van der Waals surface area contributed by atoms with Crippen molar-refractivity contribution in [2.24, 2.45) is 0 Å². The van der Waals surface area contributed by atoms with Gasteiger partial charge in [0.25, 0.3) is 11.5 Å². The van der Waals surface area contributed by atoms with Crippen LogP contribution in [-0.2, 0) is 11.3 Å². The first kappa shape index (κ1) is 17.5. The van der Waals surface area contributed by atoms with E-state index < -0.39 is 0 Å². The van der Waals surface area contributed by atoms with E-state index >= 15 is 0 Å². The Balaban J connectivity index is 1.75. The predicted molar refractivity (Wildman–Crippen MR) is 108 cm³/mol. The van der Waals surface area contributed by atoms with Gasteiger partial charge in [0, 0.05) is 13.2 Å². The van der Waals surface area contributed by atoms with Crippen LogP contribution in [0.5, 0.6) is 0 Å². The van der Waals surface area contributed by atoms with Gasteiger partial charge in [-0.1, -0.05) is 30.0 Å². The van der Waals surface area contributed by atoms with Gasteiger partial charge >= 0.3 is 0 Å². The standard InChI is InChI=1S/C18H14N4O3S2/c1-19-15-12(16(23)21-7-3-2-6-14(21)20-15)9-13-17(24)22(18(26)27-13)10-11-5-4-8-25-11/h2-9,19H,10H2,1H3. The maximum atomic E-state index is 12.9. The van der Waals surface area contributed by atoms with Crippen molar-refractivity contribution >= 4 is 51.7 Å². The lowest BCUT2D eigenvalue weighted by Crippen LogP contribution is -2.27. The summed E-state index contributed by atoms with van der Waals surface area (Å²) in [6.07, 6.45) is 4.73. The maximum absolute atomic E-state index is 12.9. The van der Waals surface area contributed by atoms with Crippen molar-refractivity contribution in [3.8, 4) is 0 Å². The Morgan fingerprint density at radius 3 is 2.89 bits per heavy atom. The van der Waals surface area contributed by atoms with Crippen molar-refractivity contribution in [3.63, 3.8) is 0 Å². The lowest BCUT2D eigenvalue weighted by molar-refractivity contribution is -0.122. The second-order valence-electron chi connectivity index (χ2n) is 5.71. The average Bonchev–Trinajstić information content (AvgIpc) is 3.28. The minimum Gasteiger partial charge on any atom is -0.467 e. The SMILES string of the molecule is CNc1nc2ccccn2c(=O)c1C=C1SC(=S)N(Cc2ccco2)C1=O. The Morgan fingerprint density at radius 1 is 1.30 bits per heavy atom. The van der Waals surface area contributed by atoms with Crippen molar-refractivity contribution in [2.45, 2.75) is 6.54 Å². The first-order valence-electron chi connectivity index (χ1n) is 8.05. The molecule has 1 aliphatic rings. The molecule has 1 amide bonds. The summed E-state index contributed by atoms with van der Waals surface area (Å²) in [6, 6.07) is 8.84. The molecule has 1 saturated heterocycles. The zero-order chi connectivity index (χ0) is 19.0. The first-order valence-corrected chi connectivity index (χ1v) is 9.28. The largest absolute Gasteiger partial charge is 0.467 e. The number of pyridine rings is 1. The fourth-order valence-corrected chi connectivity index (χ4v) is 3.99. The number of furan rings is 1. The molecule has 0 atom stereocenters. The van der Waals surface area contributed by atoms with Gasteiger partial charge in [0.2, 0.25) is 0 Å². The second-order valence-corrected chi connectivity index (χ2v) is 7.38. The number of anilines is 1. The third-order valence-electron chi connectivity index (χ3n) is 4.05. The Kier molecular flexibility index (Phi) is 4.54. The Hall–Kier alpha value is -2.91. The number of carbonyl (C=O) groups is 1. The minimum absolute atomic E-state index is 0.253. The second kappa shape index (κ2) is 7.01. The number of aromatic nitrogens is 2. The van der Waals surface area contributed by atoms with Crippen LogP contribution in [0, 0.1) is 0 Å². The molecule has 4 rings (SSSR count). The molecule has 1 N–H and O–H groups in total. The third-order valence-corrected chi connectivity index (χ3v) is 5.43. The van der Waals surface area contributed by atoms with Crippen LogP contribution in [0.1, 0.15) is 11.3 Å². The Bertz CT molecular complexity index is 1140.